The number of amides is 1. The lowest BCUT2D eigenvalue weighted by atomic mass is 9.84. The van der Waals surface area contributed by atoms with Crippen molar-refractivity contribution in [3.8, 4) is 0 Å². The number of benzene rings is 1. The summed E-state index contributed by atoms with van der Waals surface area (Å²) in [5.74, 6) is 2.31. The maximum atomic E-state index is 12.7. The lowest BCUT2D eigenvalue weighted by Gasteiger charge is -2.29. The average molecular weight is 386 g/mol. The minimum Gasteiger partial charge on any atom is -0.352 e. The number of hydrogen-bond acceptors (Lipinski definition) is 4. The number of thioether (sulfide) groups is 1. The van der Waals surface area contributed by atoms with Gasteiger partial charge in [-0.3, -0.25) is 14.2 Å². The van der Waals surface area contributed by atoms with E-state index in [1.807, 2.05) is 25.1 Å². The van der Waals surface area contributed by atoms with Crippen LogP contribution in [0.5, 0.6) is 0 Å². The highest BCUT2D eigenvalue weighted by Crippen LogP contribution is 2.49. The SMILES string of the molecule is C[C@H](Sc1nc2ccccc2c(=O)n1C)C(=O)N[C@@H](C)[C@@H]1C[C@H]2CC[C@H]1C2. The monoisotopic (exact) mass is 385 g/mol. The van der Waals surface area contributed by atoms with E-state index in [1.165, 1.54) is 42.0 Å². The Hall–Kier alpha value is -1.82. The van der Waals surface area contributed by atoms with E-state index in [1.54, 1.807) is 13.1 Å². The number of para-hydroxylation sites is 1. The van der Waals surface area contributed by atoms with Gasteiger partial charge >= 0.3 is 0 Å². The van der Waals surface area contributed by atoms with Gasteiger partial charge in [-0.05, 0) is 63.0 Å². The first-order valence-corrected chi connectivity index (χ1v) is 10.7. The summed E-state index contributed by atoms with van der Waals surface area (Å²) in [6, 6.07) is 7.54. The summed E-state index contributed by atoms with van der Waals surface area (Å²) < 4.78 is 1.54. The van der Waals surface area contributed by atoms with Crippen molar-refractivity contribution in [3.05, 3.63) is 34.6 Å². The molecule has 1 aromatic heterocycles. The summed E-state index contributed by atoms with van der Waals surface area (Å²) in [7, 11) is 1.71. The predicted molar refractivity (Wildman–Crippen MR) is 109 cm³/mol. The summed E-state index contributed by atoms with van der Waals surface area (Å²) in [6.45, 7) is 4.03. The molecule has 2 aliphatic rings. The van der Waals surface area contributed by atoms with E-state index >= 15 is 0 Å². The summed E-state index contributed by atoms with van der Waals surface area (Å²) in [6.07, 6.45) is 5.30. The molecule has 0 spiro atoms. The minimum absolute atomic E-state index is 0.0256. The molecule has 2 bridgehead atoms. The van der Waals surface area contributed by atoms with Gasteiger partial charge in [0, 0.05) is 13.1 Å². The molecule has 1 N–H and O–H groups in total. The van der Waals surface area contributed by atoms with Gasteiger partial charge in [0.2, 0.25) is 5.91 Å². The Morgan fingerprint density at radius 2 is 2.04 bits per heavy atom. The molecule has 2 fully saturated rings. The quantitative estimate of drug-likeness (QED) is 0.633. The third-order valence-corrected chi connectivity index (χ3v) is 7.54. The van der Waals surface area contributed by atoms with E-state index in [0.717, 1.165) is 11.8 Å². The highest BCUT2D eigenvalue weighted by Gasteiger charge is 2.42. The van der Waals surface area contributed by atoms with Crippen molar-refractivity contribution >= 4 is 28.6 Å². The number of hydrogen-bond donors (Lipinski definition) is 1. The summed E-state index contributed by atoms with van der Waals surface area (Å²) in [5, 5.41) is 4.10. The van der Waals surface area contributed by atoms with Gasteiger partial charge in [0.15, 0.2) is 5.16 Å². The standard InChI is InChI=1S/C21H27N3O2S/c1-12(17-11-14-8-9-15(17)10-14)22-19(25)13(2)27-21-23-18-7-5-4-6-16(18)20(26)24(21)3/h4-7,12-15,17H,8-11H2,1-3H3,(H,22,25)/t12-,13-,14-,15-,17-/m0/s1. The van der Waals surface area contributed by atoms with Crippen molar-refractivity contribution in [1.82, 2.24) is 14.9 Å². The Kier molecular flexibility index (Phi) is 5.01. The molecule has 2 aliphatic carbocycles. The zero-order chi connectivity index (χ0) is 19.1. The van der Waals surface area contributed by atoms with Crippen LogP contribution in [0.3, 0.4) is 0 Å². The van der Waals surface area contributed by atoms with E-state index in [2.05, 4.69) is 17.2 Å². The predicted octanol–water partition coefficient (Wildman–Crippen LogP) is 3.36. The van der Waals surface area contributed by atoms with Crippen molar-refractivity contribution in [2.75, 3.05) is 0 Å². The zero-order valence-electron chi connectivity index (χ0n) is 16.1. The number of nitrogens with one attached hydrogen (secondary N) is 1. The second-order valence-electron chi connectivity index (χ2n) is 8.17. The third-order valence-electron chi connectivity index (χ3n) is 6.40. The van der Waals surface area contributed by atoms with E-state index in [9.17, 15) is 9.59 Å². The van der Waals surface area contributed by atoms with Gasteiger partial charge in [-0.15, -0.1) is 0 Å². The highest BCUT2D eigenvalue weighted by atomic mass is 32.2. The second kappa shape index (κ2) is 7.30. The Labute approximate surface area is 163 Å². The average Bonchev–Trinajstić information content (AvgIpc) is 3.29. The Morgan fingerprint density at radius 3 is 2.74 bits per heavy atom. The molecular weight excluding hydrogens is 358 g/mol. The van der Waals surface area contributed by atoms with Gasteiger partial charge in [-0.25, -0.2) is 4.98 Å². The molecule has 1 amide bonds. The van der Waals surface area contributed by atoms with Crippen LogP contribution in [0, 0.1) is 17.8 Å². The van der Waals surface area contributed by atoms with Crippen molar-refractivity contribution in [2.45, 2.75) is 56.0 Å². The molecule has 5 nitrogen and oxygen atoms in total. The van der Waals surface area contributed by atoms with Crippen LogP contribution in [0.2, 0.25) is 0 Å². The highest BCUT2D eigenvalue weighted by molar-refractivity contribution is 8.00. The van der Waals surface area contributed by atoms with Crippen LogP contribution in [0.1, 0.15) is 39.5 Å². The molecule has 1 aromatic carbocycles. The van der Waals surface area contributed by atoms with Gasteiger partial charge in [-0.2, -0.15) is 0 Å². The molecule has 6 heteroatoms. The number of nitrogens with zero attached hydrogens (tertiary/aromatic N) is 2. The van der Waals surface area contributed by atoms with Crippen molar-refractivity contribution in [3.63, 3.8) is 0 Å². The maximum Gasteiger partial charge on any atom is 0.261 e. The molecule has 0 saturated heterocycles. The van der Waals surface area contributed by atoms with E-state index < -0.39 is 0 Å². The fraction of sp³-hybridized carbons (Fsp3) is 0.571. The van der Waals surface area contributed by atoms with Gasteiger partial charge in [0.05, 0.1) is 16.2 Å². The van der Waals surface area contributed by atoms with Crippen LogP contribution in [0.15, 0.2) is 34.2 Å². The first-order valence-electron chi connectivity index (χ1n) is 9.87. The Bertz CT molecular complexity index is 925. The van der Waals surface area contributed by atoms with Crippen molar-refractivity contribution < 1.29 is 4.79 Å². The first kappa shape index (κ1) is 18.5. The molecule has 2 saturated carbocycles. The molecule has 1 heterocycles. The van der Waals surface area contributed by atoms with Crippen LogP contribution in [-0.2, 0) is 11.8 Å². The Morgan fingerprint density at radius 1 is 1.26 bits per heavy atom. The van der Waals surface area contributed by atoms with Crippen LogP contribution in [0.25, 0.3) is 10.9 Å². The lowest BCUT2D eigenvalue weighted by Crippen LogP contribution is -2.43. The zero-order valence-corrected chi connectivity index (χ0v) is 17.0. The van der Waals surface area contributed by atoms with Crippen LogP contribution in [-0.4, -0.2) is 26.8 Å². The molecule has 0 radical (unpaired) electrons. The van der Waals surface area contributed by atoms with Crippen LogP contribution >= 0.6 is 11.8 Å². The number of aromatic nitrogens is 2. The smallest absolute Gasteiger partial charge is 0.261 e. The normalized spacial score (nSPS) is 26.3. The summed E-state index contributed by atoms with van der Waals surface area (Å²) >= 11 is 1.35. The van der Waals surface area contributed by atoms with Crippen molar-refractivity contribution in [1.29, 1.82) is 0 Å². The molecule has 0 unspecified atom stereocenters. The van der Waals surface area contributed by atoms with Crippen molar-refractivity contribution in [2.24, 2.45) is 24.8 Å². The number of carbonyl (C=O) groups excluding carboxylic acids is 1. The molecule has 144 valence electrons. The lowest BCUT2D eigenvalue weighted by molar-refractivity contribution is -0.121. The van der Waals surface area contributed by atoms with E-state index in [4.69, 9.17) is 0 Å². The molecule has 27 heavy (non-hydrogen) atoms. The fourth-order valence-electron chi connectivity index (χ4n) is 4.87. The number of rotatable bonds is 5. The second-order valence-corrected chi connectivity index (χ2v) is 9.48. The van der Waals surface area contributed by atoms with E-state index in [-0.39, 0.29) is 22.8 Å². The third kappa shape index (κ3) is 3.51. The number of fused-ring (bicyclic) bond motifs is 3. The largest absolute Gasteiger partial charge is 0.352 e. The topological polar surface area (TPSA) is 64.0 Å². The van der Waals surface area contributed by atoms with Gasteiger partial charge in [0.1, 0.15) is 0 Å². The molecule has 4 rings (SSSR count). The van der Waals surface area contributed by atoms with Gasteiger partial charge < -0.3 is 5.32 Å². The minimum atomic E-state index is -0.301. The first-order chi connectivity index (χ1) is 12.9. The van der Waals surface area contributed by atoms with Crippen LogP contribution in [0.4, 0.5) is 0 Å². The van der Waals surface area contributed by atoms with Crippen LogP contribution < -0.4 is 10.9 Å². The molecular formula is C21H27N3O2S. The Balaban J connectivity index is 1.45. The van der Waals surface area contributed by atoms with Gasteiger partial charge in [0.25, 0.3) is 5.56 Å². The maximum absolute atomic E-state index is 12.7. The fourth-order valence-corrected chi connectivity index (χ4v) is 5.75. The van der Waals surface area contributed by atoms with E-state index in [0.29, 0.717) is 22.0 Å². The van der Waals surface area contributed by atoms with Gasteiger partial charge in [-0.1, -0.05) is 30.3 Å². The molecule has 2 aromatic rings. The summed E-state index contributed by atoms with van der Waals surface area (Å²) in [4.78, 5) is 29.9. The molecule has 0 aliphatic heterocycles. The summed E-state index contributed by atoms with van der Waals surface area (Å²) in [5.41, 5.74) is 0.595. The number of carbonyl (C=O) groups is 1. The molecule has 5 atom stereocenters.